The van der Waals surface area contributed by atoms with Gasteiger partial charge in [-0.3, -0.25) is 14.4 Å². The number of nitrogens with zero attached hydrogens (tertiary/aromatic N) is 2. The van der Waals surface area contributed by atoms with Crippen molar-refractivity contribution in [3.8, 4) is 0 Å². The third kappa shape index (κ3) is 5.09. The topological polar surface area (TPSA) is 125 Å². The van der Waals surface area contributed by atoms with Crippen molar-refractivity contribution in [3.63, 3.8) is 0 Å². The van der Waals surface area contributed by atoms with Crippen LogP contribution in [0.4, 0.5) is 4.79 Å². The first-order valence-corrected chi connectivity index (χ1v) is 9.22. The van der Waals surface area contributed by atoms with Crippen molar-refractivity contribution in [2.75, 3.05) is 19.6 Å². The van der Waals surface area contributed by atoms with Crippen LogP contribution in [0.3, 0.4) is 0 Å². The number of piperazine rings is 1. The maximum atomic E-state index is 12.7. The number of urea groups is 1. The van der Waals surface area contributed by atoms with E-state index in [0.717, 1.165) is 25.7 Å². The molecule has 9 nitrogen and oxygen atoms in total. The number of rotatable bonds is 4. The molecule has 0 aromatic rings. The highest BCUT2D eigenvalue weighted by molar-refractivity contribution is 5.92. The molecule has 1 saturated carbocycles. The van der Waals surface area contributed by atoms with E-state index in [4.69, 9.17) is 5.73 Å². The highest BCUT2D eigenvalue weighted by atomic mass is 16.2. The fourth-order valence-corrected chi connectivity index (χ4v) is 3.42. The van der Waals surface area contributed by atoms with E-state index in [-0.39, 0.29) is 31.1 Å². The molecule has 1 aliphatic heterocycles. The van der Waals surface area contributed by atoms with Gasteiger partial charge < -0.3 is 26.2 Å². The summed E-state index contributed by atoms with van der Waals surface area (Å²) in [6.45, 7) is 3.66. The summed E-state index contributed by atoms with van der Waals surface area (Å²) in [5.74, 6) is -1.30. The van der Waals surface area contributed by atoms with Crippen LogP contribution in [0, 0.1) is 0 Å². The SMILES string of the molecule is CC(=O)N1CCN(C(=O)NC2CCCCC2)C(C(=O)NC(C)C(N)=O)C1. The van der Waals surface area contributed by atoms with Gasteiger partial charge in [-0.25, -0.2) is 4.79 Å². The summed E-state index contributed by atoms with van der Waals surface area (Å²) in [4.78, 5) is 51.2. The molecule has 2 atom stereocenters. The van der Waals surface area contributed by atoms with Crippen LogP contribution in [0.25, 0.3) is 0 Å². The van der Waals surface area contributed by atoms with Gasteiger partial charge in [0.1, 0.15) is 12.1 Å². The zero-order chi connectivity index (χ0) is 19.3. The molecule has 2 unspecified atom stereocenters. The summed E-state index contributed by atoms with van der Waals surface area (Å²) in [5.41, 5.74) is 5.20. The number of primary amides is 1. The predicted molar refractivity (Wildman–Crippen MR) is 95.0 cm³/mol. The number of hydrogen-bond acceptors (Lipinski definition) is 4. The number of carbonyl (C=O) groups is 4. The van der Waals surface area contributed by atoms with Gasteiger partial charge in [-0.2, -0.15) is 0 Å². The maximum Gasteiger partial charge on any atom is 0.318 e. The zero-order valence-electron chi connectivity index (χ0n) is 15.5. The molecule has 0 bridgehead atoms. The first-order valence-electron chi connectivity index (χ1n) is 9.22. The minimum Gasteiger partial charge on any atom is -0.368 e. The van der Waals surface area contributed by atoms with Crippen LogP contribution in [-0.2, 0) is 14.4 Å². The third-order valence-electron chi connectivity index (χ3n) is 5.11. The van der Waals surface area contributed by atoms with E-state index in [1.807, 2.05) is 0 Å². The van der Waals surface area contributed by atoms with Crippen LogP contribution in [0.5, 0.6) is 0 Å². The Morgan fingerprint density at radius 1 is 1.08 bits per heavy atom. The fraction of sp³-hybridized carbons (Fsp3) is 0.765. The number of amides is 5. The minimum atomic E-state index is -0.849. The smallest absolute Gasteiger partial charge is 0.318 e. The number of nitrogens with one attached hydrogen (secondary N) is 2. The summed E-state index contributed by atoms with van der Waals surface area (Å²) < 4.78 is 0. The van der Waals surface area contributed by atoms with Crippen LogP contribution in [0.1, 0.15) is 46.0 Å². The summed E-state index contributed by atoms with van der Waals surface area (Å²) in [5, 5.41) is 5.53. The van der Waals surface area contributed by atoms with Crippen molar-refractivity contribution in [2.45, 2.75) is 64.1 Å². The molecule has 5 amide bonds. The molecule has 0 aromatic carbocycles. The first-order chi connectivity index (χ1) is 12.3. The van der Waals surface area contributed by atoms with E-state index in [1.165, 1.54) is 30.1 Å². The number of nitrogens with two attached hydrogens (primary N) is 1. The van der Waals surface area contributed by atoms with E-state index < -0.39 is 23.9 Å². The Labute approximate surface area is 153 Å². The predicted octanol–water partition coefficient (Wildman–Crippen LogP) is -0.449. The Morgan fingerprint density at radius 2 is 1.73 bits per heavy atom. The van der Waals surface area contributed by atoms with Crippen LogP contribution in [-0.4, -0.2) is 71.3 Å². The molecule has 2 rings (SSSR count). The Bertz CT molecular complexity index is 561. The summed E-state index contributed by atoms with van der Waals surface area (Å²) in [6, 6.07) is -1.88. The zero-order valence-corrected chi connectivity index (χ0v) is 15.5. The van der Waals surface area contributed by atoms with E-state index in [9.17, 15) is 19.2 Å². The lowest BCUT2D eigenvalue weighted by atomic mass is 9.95. The van der Waals surface area contributed by atoms with Crippen molar-refractivity contribution >= 4 is 23.8 Å². The monoisotopic (exact) mass is 367 g/mol. The van der Waals surface area contributed by atoms with Crippen LogP contribution in [0.2, 0.25) is 0 Å². The molecule has 4 N–H and O–H groups in total. The molecule has 2 fully saturated rings. The first kappa shape index (κ1) is 20.0. The van der Waals surface area contributed by atoms with Gasteiger partial charge in [-0.15, -0.1) is 0 Å². The third-order valence-corrected chi connectivity index (χ3v) is 5.11. The van der Waals surface area contributed by atoms with Gasteiger partial charge in [0.25, 0.3) is 0 Å². The lowest BCUT2D eigenvalue weighted by molar-refractivity contribution is -0.136. The van der Waals surface area contributed by atoms with Gasteiger partial charge in [0.05, 0.1) is 6.54 Å². The quantitative estimate of drug-likeness (QED) is 0.622. The lowest BCUT2D eigenvalue weighted by Gasteiger charge is -2.41. The Kier molecular flexibility index (Phi) is 6.82. The molecule has 0 aromatic heterocycles. The van der Waals surface area contributed by atoms with Crippen LogP contribution >= 0.6 is 0 Å². The largest absolute Gasteiger partial charge is 0.368 e. The Morgan fingerprint density at radius 3 is 2.31 bits per heavy atom. The maximum absolute atomic E-state index is 12.7. The van der Waals surface area contributed by atoms with Crippen molar-refractivity contribution in [1.82, 2.24) is 20.4 Å². The molecule has 2 aliphatic rings. The molecule has 9 heteroatoms. The summed E-state index contributed by atoms with van der Waals surface area (Å²) >= 11 is 0. The van der Waals surface area contributed by atoms with Gasteiger partial charge >= 0.3 is 6.03 Å². The number of carbonyl (C=O) groups excluding carboxylic acids is 4. The molecule has 0 radical (unpaired) electrons. The van der Waals surface area contributed by atoms with Gasteiger partial charge in [0.15, 0.2) is 0 Å². The van der Waals surface area contributed by atoms with Crippen LogP contribution < -0.4 is 16.4 Å². The molecule has 1 heterocycles. The Balaban J connectivity index is 2.07. The van der Waals surface area contributed by atoms with E-state index in [2.05, 4.69) is 10.6 Å². The van der Waals surface area contributed by atoms with Crippen LogP contribution in [0.15, 0.2) is 0 Å². The fourth-order valence-electron chi connectivity index (χ4n) is 3.42. The van der Waals surface area contributed by atoms with Crippen molar-refractivity contribution in [2.24, 2.45) is 5.73 Å². The lowest BCUT2D eigenvalue weighted by Crippen LogP contribution is -2.64. The van der Waals surface area contributed by atoms with Gasteiger partial charge in [-0.1, -0.05) is 19.3 Å². The molecule has 1 aliphatic carbocycles. The highest BCUT2D eigenvalue weighted by Crippen LogP contribution is 2.18. The van der Waals surface area contributed by atoms with Crippen molar-refractivity contribution in [3.05, 3.63) is 0 Å². The molecule has 146 valence electrons. The van der Waals surface area contributed by atoms with E-state index in [1.54, 1.807) is 0 Å². The number of hydrogen-bond donors (Lipinski definition) is 3. The minimum absolute atomic E-state index is 0.102. The molecular formula is C17H29N5O4. The molecule has 0 spiro atoms. The summed E-state index contributed by atoms with van der Waals surface area (Å²) in [6.07, 6.45) is 5.23. The molecule has 1 saturated heterocycles. The second-order valence-electron chi connectivity index (χ2n) is 7.09. The second kappa shape index (κ2) is 8.86. The average molecular weight is 367 g/mol. The molecular weight excluding hydrogens is 338 g/mol. The van der Waals surface area contributed by atoms with E-state index >= 15 is 0 Å². The second-order valence-corrected chi connectivity index (χ2v) is 7.09. The van der Waals surface area contributed by atoms with Gasteiger partial charge in [0.2, 0.25) is 17.7 Å². The van der Waals surface area contributed by atoms with Crippen molar-refractivity contribution < 1.29 is 19.2 Å². The normalized spacial score (nSPS) is 22.5. The van der Waals surface area contributed by atoms with E-state index in [0.29, 0.717) is 6.54 Å². The standard InChI is InChI=1S/C17H29N5O4/c1-11(15(18)24)19-16(25)14-10-21(12(2)23)8-9-22(14)17(26)20-13-6-4-3-5-7-13/h11,13-14H,3-10H2,1-2H3,(H2,18,24)(H,19,25)(H,20,26). The highest BCUT2D eigenvalue weighted by Gasteiger charge is 2.37. The summed E-state index contributed by atoms with van der Waals surface area (Å²) in [7, 11) is 0. The molecule has 26 heavy (non-hydrogen) atoms. The Hall–Kier alpha value is -2.32. The average Bonchev–Trinajstić information content (AvgIpc) is 2.61. The van der Waals surface area contributed by atoms with Gasteiger partial charge in [0, 0.05) is 26.1 Å². The van der Waals surface area contributed by atoms with Gasteiger partial charge in [-0.05, 0) is 19.8 Å². The van der Waals surface area contributed by atoms with Crippen molar-refractivity contribution in [1.29, 1.82) is 0 Å².